The Kier molecular flexibility index (Phi) is 4.71. The summed E-state index contributed by atoms with van der Waals surface area (Å²) in [6.07, 6.45) is 0.606. The number of amides is 2. The second-order valence-corrected chi connectivity index (χ2v) is 5.15. The van der Waals surface area contributed by atoms with Crippen molar-refractivity contribution in [2.24, 2.45) is 5.92 Å². The van der Waals surface area contributed by atoms with Crippen molar-refractivity contribution in [3.63, 3.8) is 0 Å². The van der Waals surface area contributed by atoms with E-state index in [0.717, 1.165) is 4.90 Å². The molecule has 0 aromatic heterocycles. The van der Waals surface area contributed by atoms with E-state index in [9.17, 15) is 14.0 Å². The number of hydrogen-bond acceptors (Lipinski definition) is 3. The maximum absolute atomic E-state index is 13.8. The van der Waals surface area contributed by atoms with Gasteiger partial charge in [0.1, 0.15) is 12.4 Å². The minimum Gasteiger partial charge on any atom is -0.384 e. The molecule has 1 aromatic rings. The highest BCUT2D eigenvalue weighted by Gasteiger charge is 2.30. The average molecular weight is 289 g/mol. The van der Waals surface area contributed by atoms with Crippen LogP contribution in [-0.4, -0.2) is 28.4 Å². The molecule has 0 atom stereocenters. The summed E-state index contributed by atoms with van der Waals surface area (Å²) in [6.45, 7) is 1.48. The van der Waals surface area contributed by atoms with E-state index in [2.05, 4.69) is 11.8 Å². The first-order chi connectivity index (χ1) is 10.0. The van der Waals surface area contributed by atoms with Crippen molar-refractivity contribution < 1.29 is 19.1 Å². The van der Waals surface area contributed by atoms with Crippen LogP contribution in [0.1, 0.15) is 30.9 Å². The van der Waals surface area contributed by atoms with Crippen LogP contribution in [0.25, 0.3) is 0 Å². The molecule has 1 aromatic carbocycles. The molecule has 0 unspecified atom stereocenters. The lowest BCUT2D eigenvalue weighted by Gasteiger charge is -2.28. The van der Waals surface area contributed by atoms with E-state index in [1.807, 2.05) is 6.92 Å². The Hall–Kier alpha value is -2.19. The normalized spacial score (nSPS) is 15.9. The predicted octanol–water partition coefficient (Wildman–Crippen LogP) is 1.45. The highest BCUT2D eigenvalue weighted by molar-refractivity contribution is 5.97. The molecule has 5 heteroatoms. The summed E-state index contributed by atoms with van der Waals surface area (Å²) in [4.78, 5) is 24.9. The minimum absolute atomic E-state index is 0.0350. The Morgan fingerprint density at radius 2 is 2.00 bits per heavy atom. The first-order valence-corrected chi connectivity index (χ1v) is 6.72. The van der Waals surface area contributed by atoms with Crippen LogP contribution >= 0.6 is 0 Å². The Morgan fingerprint density at radius 1 is 1.33 bits per heavy atom. The van der Waals surface area contributed by atoms with Crippen LogP contribution in [0.3, 0.4) is 0 Å². The van der Waals surface area contributed by atoms with E-state index in [0.29, 0.717) is 18.4 Å². The van der Waals surface area contributed by atoms with E-state index < -0.39 is 5.82 Å². The van der Waals surface area contributed by atoms with Crippen LogP contribution in [0.2, 0.25) is 0 Å². The zero-order valence-corrected chi connectivity index (χ0v) is 11.7. The third kappa shape index (κ3) is 3.67. The monoisotopic (exact) mass is 289 g/mol. The summed E-state index contributed by atoms with van der Waals surface area (Å²) in [6, 6.07) is 4.23. The van der Waals surface area contributed by atoms with Crippen LogP contribution in [0.5, 0.6) is 0 Å². The molecule has 1 heterocycles. The highest BCUT2D eigenvalue weighted by Crippen LogP contribution is 2.22. The van der Waals surface area contributed by atoms with Crippen LogP contribution in [-0.2, 0) is 16.1 Å². The number of hydrogen-bond donors (Lipinski definition) is 1. The van der Waals surface area contributed by atoms with Crippen LogP contribution in [0, 0.1) is 23.6 Å². The van der Waals surface area contributed by atoms with Gasteiger partial charge in [-0.05, 0) is 24.1 Å². The fourth-order valence-corrected chi connectivity index (χ4v) is 2.29. The van der Waals surface area contributed by atoms with E-state index in [1.165, 1.54) is 18.2 Å². The Morgan fingerprint density at radius 3 is 2.62 bits per heavy atom. The van der Waals surface area contributed by atoms with Crippen molar-refractivity contribution in [1.82, 2.24) is 4.90 Å². The lowest BCUT2D eigenvalue weighted by molar-refractivity contribution is -0.150. The van der Waals surface area contributed by atoms with E-state index in [4.69, 9.17) is 5.11 Å². The molecule has 2 amide bonds. The third-order valence-electron chi connectivity index (χ3n) is 3.33. The number of halogens is 1. The number of aliphatic hydroxyl groups excluding tert-OH is 1. The fourth-order valence-electron chi connectivity index (χ4n) is 2.29. The zero-order valence-electron chi connectivity index (χ0n) is 11.7. The van der Waals surface area contributed by atoms with Crippen LogP contribution in [0.15, 0.2) is 18.2 Å². The van der Waals surface area contributed by atoms with Crippen molar-refractivity contribution in [3.05, 3.63) is 35.1 Å². The fraction of sp³-hybridized carbons (Fsp3) is 0.375. The van der Waals surface area contributed by atoms with Crippen molar-refractivity contribution in [1.29, 1.82) is 0 Å². The predicted molar refractivity (Wildman–Crippen MR) is 74.3 cm³/mol. The van der Waals surface area contributed by atoms with Crippen LogP contribution < -0.4 is 0 Å². The number of carbonyl (C=O) groups excluding carboxylic acids is 2. The molecule has 0 radical (unpaired) electrons. The Balaban J connectivity index is 2.22. The van der Waals surface area contributed by atoms with Gasteiger partial charge in [-0.2, -0.15) is 0 Å². The lowest BCUT2D eigenvalue weighted by Crippen LogP contribution is -2.42. The second-order valence-electron chi connectivity index (χ2n) is 5.15. The number of rotatable bonds is 2. The first-order valence-electron chi connectivity index (χ1n) is 6.72. The average Bonchev–Trinajstić information content (AvgIpc) is 2.43. The standard InChI is InChI=1S/C16H16FNO3/c1-11-7-15(20)18(16(21)8-11)10-13-9-12(3-2-6-19)4-5-14(13)17/h4-5,9,11,19H,6-8,10H2,1H3. The molecule has 1 saturated heterocycles. The lowest BCUT2D eigenvalue weighted by atomic mass is 9.97. The van der Waals surface area contributed by atoms with Crippen molar-refractivity contribution in [3.8, 4) is 11.8 Å². The molecule has 0 spiro atoms. The van der Waals surface area contributed by atoms with Gasteiger partial charge in [0.25, 0.3) is 0 Å². The summed E-state index contributed by atoms with van der Waals surface area (Å²) in [5, 5.41) is 8.66. The topological polar surface area (TPSA) is 57.6 Å². The van der Waals surface area contributed by atoms with E-state index >= 15 is 0 Å². The number of carbonyl (C=O) groups is 2. The smallest absolute Gasteiger partial charge is 0.229 e. The van der Waals surface area contributed by atoms with Gasteiger partial charge < -0.3 is 5.11 Å². The van der Waals surface area contributed by atoms with Gasteiger partial charge in [-0.25, -0.2) is 4.39 Å². The zero-order chi connectivity index (χ0) is 15.4. The first kappa shape index (κ1) is 15.2. The molecule has 0 saturated carbocycles. The second kappa shape index (κ2) is 6.51. The van der Waals surface area contributed by atoms with E-state index in [1.54, 1.807) is 0 Å². The molecule has 4 nitrogen and oxygen atoms in total. The molecule has 2 rings (SSSR count). The number of likely N-dealkylation sites (tertiary alicyclic amines) is 1. The summed E-state index contributed by atoms with van der Waals surface area (Å²) >= 11 is 0. The molecule has 0 bridgehead atoms. The maximum Gasteiger partial charge on any atom is 0.229 e. The van der Waals surface area contributed by atoms with Gasteiger partial charge in [-0.3, -0.25) is 14.5 Å². The van der Waals surface area contributed by atoms with E-state index in [-0.39, 0.29) is 36.4 Å². The number of benzene rings is 1. The van der Waals surface area contributed by atoms with Gasteiger partial charge in [0.05, 0.1) is 6.54 Å². The SMILES string of the molecule is CC1CC(=O)N(Cc2cc(C#CCO)ccc2F)C(=O)C1. The van der Waals surface area contributed by atoms with Gasteiger partial charge in [0.2, 0.25) is 11.8 Å². The quantitative estimate of drug-likeness (QED) is 0.662. The molecule has 1 N–H and O–H groups in total. The van der Waals surface area contributed by atoms with Crippen molar-refractivity contribution >= 4 is 11.8 Å². The van der Waals surface area contributed by atoms with Gasteiger partial charge in [0, 0.05) is 24.0 Å². The van der Waals surface area contributed by atoms with Gasteiger partial charge in [-0.15, -0.1) is 0 Å². The van der Waals surface area contributed by atoms with Crippen molar-refractivity contribution in [2.75, 3.05) is 6.61 Å². The molecular formula is C16H16FNO3. The summed E-state index contributed by atoms with van der Waals surface area (Å²) in [7, 11) is 0. The summed E-state index contributed by atoms with van der Waals surface area (Å²) < 4.78 is 13.8. The number of nitrogens with zero attached hydrogens (tertiary/aromatic N) is 1. The highest BCUT2D eigenvalue weighted by atomic mass is 19.1. The van der Waals surface area contributed by atoms with Crippen molar-refractivity contribution in [2.45, 2.75) is 26.3 Å². The van der Waals surface area contributed by atoms with Gasteiger partial charge in [0.15, 0.2) is 0 Å². The van der Waals surface area contributed by atoms with Crippen LogP contribution in [0.4, 0.5) is 4.39 Å². The molecule has 110 valence electrons. The molecular weight excluding hydrogens is 273 g/mol. The summed E-state index contributed by atoms with van der Waals surface area (Å²) in [5.41, 5.74) is 0.779. The number of imide groups is 1. The van der Waals surface area contributed by atoms with Gasteiger partial charge >= 0.3 is 0 Å². The molecule has 21 heavy (non-hydrogen) atoms. The molecule has 1 aliphatic rings. The maximum atomic E-state index is 13.8. The number of aliphatic hydroxyl groups is 1. The largest absolute Gasteiger partial charge is 0.384 e. The van der Waals surface area contributed by atoms with Gasteiger partial charge in [-0.1, -0.05) is 18.8 Å². The molecule has 1 fully saturated rings. The third-order valence-corrected chi connectivity index (χ3v) is 3.33. The molecule has 1 aliphatic heterocycles. The minimum atomic E-state index is -0.483. The molecule has 0 aliphatic carbocycles. The Labute approximate surface area is 122 Å². The Bertz CT molecular complexity index is 612. The number of piperidine rings is 1. The summed E-state index contributed by atoms with van der Waals surface area (Å²) in [5.74, 6) is 4.15.